The molecule has 0 amide bonds. The zero-order chi connectivity index (χ0) is 13.5. The summed E-state index contributed by atoms with van der Waals surface area (Å²) >= 11 is 0. The molecule has 0 spiro atoms. The average molecular weight is 250 g/mol. The highest BCUT2D eigenvalue weighted by Gasteiger charge is 2.15. The molecular weight excluding hydrogens is 228 g/mol. The average Bonchev–Trinajstić information content (AvgIpc) is 2.37. The third-order valence-electron chi connectivity index (χ3n) is 2.74. The van der Waals surface area contributed by atoms with E-state index in [9.17, 15) is 4.79 Å². The molecule has 0 N–H and O–H groups in total. The topological polar surface area (TPSA) is 42.4 Å². The zero-order valence-corrected chi connectivity index (χ0v) is 11.6. The van der Waals surface area contributed by atoms with E-state index < -0.39 is 0 Å². The highest BCUT2D eigenvalue weighted by atomic mass is 16.5. The molecule has 1 aromatic heterocycles. The fraction of sp³-hybridized carbons (Fsp3) is 0.571. The first-order valence-electron chi connectivity index (χ1n) is 6.33. The van der Waals surface area contributed by atoms with Crippen LogP contribution in [0.5, 0.6) is 0 Å². The number of nitrogens with zero attached hydrogens (tertiary/aromatic N) is 2. The fourth-order valence-electron chi connectivity index (χ4n) is 1.89. The highest BCUT2D eigenvalue weighted by Crippen LogP contribution is 2.11. The molecule has 0 aliphatic carbocycles. The first-order valence-corrected chi connectivity index (χ1v) is 6.33. The number of carbonyl (C=O) groups is 1. The third kappa shape index (κ3) is 4.11. The quantitative estimate of drug-likeness (QED) is 0.727. The predicted octanol–water partition coefficient (Wildman–Crippen LogP) is 2.35. The first kappa shape index (κ1) is 14.6. The van der Waals surface area contributed by atoms with Gasteiger partial charge in [-0.25, -0.2) is 4.79 Å². The van der Waals surface area contributed by atoms with E-state index in [-0.39, 0.29) is 5.97 Å². The molecule has 1 rings (SSSR count). The molecule has 0 bridgehead atoms. The van der Waals surface area contributed by atoms with E-state index in [4.69, 9.17) is 4.74 Å². The molecule has 18 heavy (non-hydrogen) atoms. The summed E-state index contributed by atoms with van der Waals surface area (Å²) in [4.78, 5) is 18.2. The van der Waals surface area contributed by atoms with Gasteiger partial charge < -0.3 is 4.74 Å². The van der Waals surface area contributed by atoms with Gasteiger partial charge in [0.15, 0.2) is 0 Å². The Labute approximate surface area is 109 Å². The van der Waals surface area contributed by atoms with Gasteiger partial charge in [-0.15, -0.1) is 0 Å². The van der Waals surface area contributed by atoms with Crippen LogP contribution < -0.4 is 0 Å². The van der Waals surface area contributed by atoms with Gasteiger partial charge in [-0.3, -0.25) is 9.88 Å². The lowest BCUT2D eigenvalue weighted by atomic mass is 10.1. The Hall–Kier alpha value is -1.42. The lowest BCUT2D eigenvalue weighted by Gasteiger charge is -2.22. The van der Waals surface area contributed by atoms with E-state index in [1.165, 1.54) is 7.11 Å². The molecule has 0 radical (unpaired) electrons. The van der Waals surface area contributed by atoms with E-state index in [0.29, 0.717) is 18.0 Å². The number of esters is 1. The summed E-state index contributed by atoms with van der Waals surface area (Å²) in [5.41, 5.74) is 1.34. The van der Waals surface area contributed by atoms with E-state index in [1.54, 1.807) is 18.3 Å². The van der Waals surface area contributed by atoms with Gasteiger partial charge >= 0.3 is 5.97 Å². The van der Waals surface area contributed by atoms with Gasteiger partial charge in [-0.1, -0.05) is 20.8 Å². The highest BCUT2D eigenvalue weighted by molar-refractivity contribution is 5.90. The Morgan fingerprint density at radius 3 is 2.78 bits per heavy atom. The maximum Gasteiger partial charge on any atom is 0.339 e. The third-order valence-corrected chi connectivity index (χ3v) is 2.74. The van der Waals surface area contributed by atoms with Crippen molar-refractivity contribution in [3.63, 3.8) is 0 Å². The second-order valence-corrected chi connectivity index (χ2v) is 4.71. The maximum absolute atomic E-state index is 11.6. The minimum atomic E-state index is -0.321. The van der Waals surface area contributed by atoms with Crippen LogP contribution in [0.25, 0.3) is 0 Å². The minimum Gasteiger partial charge on any atom is -0.465 e. The second-order valence-electron chi connectivity index (χ2n) is 4.71. The van der Waals surface area contributed by atoms with Crippen molar-refractivity contribution in [1.29, 1.82) is 0 Å². The van der Waals surface area contributed by atoms with E-state index in [0.717, 1.165) is 18.8 Å². The van der Waals surface area contributed by atoms with Gasteiger partial charge in [-0.2, -0.15) is 0 Å². The second kappa shape index (κ2) is 7.11. The molecule has 0 saturated carbocycles. The van der Waals surface area contributed by atoms with Crippen LogP contribution in [0, 0.1) is 5.92 Å². The van der Waals surface area contributed by atoms with Crippen LogP contribution in [0.15, 0.2) is 18.3 Å². The van der Waals surface area contributed by atoms with E-state index in [1.807, 2.05) is 0 Å². The summed E-state index contributed by atoms with van der Waals surface area (Å²) < 4.78 is 4.78. The Bertz CT molecular complexity index is 391. The number of aromatic nitrogens is 1. The van der Waals surface area contributed by atoms with Crippen molar-refractivity contribution in [3.8, 4) is 0 Å². The summed E-state index contributed by atoms with van der Waals surface area (Å²) in [6.45, 7) is 9.09. The van der Waals surface area contributed by atoms with Crippen molar-refractivity contribution in [3.05, 3.63) is 29.6 Å². The van der Waals surface area contributed by atoms with E-state index >= 15 is 0 Å². The molecule has 0 atom stereocenters. The molecule has 0 aliphatic rings. The Morgan fingerprint density at radius 2 is 2.22 bits per heavy atom. The minimum absolute atomic E-state index is 0.321. The summed E-state index contributed by atoms with van der Waals surface area (Å²) in [5.74, 6) is 0.272. The normalized spacial score (nSPS) is 11.0. The summed E-state index contributed by atoms with van der Waals surface area (Å²) in [6.07, 6.45) is 1.71. The first-order chi connectivity index (χ1) is 8.58. The number of methoxy groups -OCH3 is 1. The summed E-state index contributed by atoms with van der Waals surface area (Å²) in [7, 11) is 1.39. The standard InChI is InChI=1S/C14H22N2O2/c1-5-16(9-11(2)3)10-13-12(14(17)18-4)7-6-8-15-13/h6-8,11H,5,9-10H2,1-4H3. The van der Waals surface area contributed by atoms with Crippen molar-refractivity contribution < 1.29 is 9.53 Å². The molecule has 0 fully saturated rings. The summed E-state index contributed by atoms with van der Waals surface area (Å²) in [6, 6.07) is 3.52. The van der Waals surface area contributed by atoms with Crippen molar-refractivity contribution >= 4 is 5.97 Å². The van der Waals surface area contributed by atoms with Crippen LogP contribution in [0.4, 0.5) is 0 Å². The smallest absolute Gasteiger partial charge is 0.339 e. The predicted molar refractivity (Wildman–Crippen MR) is 71.4 cm³/mol. The number of pyridine rings is 1. The van der Waals surface area contributed by atoms with Crippen LogP contribution >= 0.6 is 0 Å². The molecule has 4 nitrogen and oxygen atoms in total. The Morgan fingerprint density at radius 1 is 1.50 bits per heavy atom. The van der Waals surface area contributed by atoms with Crippen LogP contribution in [-0.4, -0.2) is 36.1 Å². The largest absolute Gasteiger partial charge is 0.465 e. The van der Waals surface area contributed by atoms with E-state index in [2.05, 4.69) is 30.7 Å². The molecule has 0 aromatic carbocycles. The summed E-state index contributed by atoms with van der Waals surface area (Å²) in [5, 5.41) is 0. The number of carbonyl (C=O) groups excluding carboxylic acids is 1. The van der Waals surface area contributed by atoms with Crippen LogP contribution in [0.2, 0.25) is 0 Å². The Kier molecular flexibility index (Phi) is 5.78. The molecule has 0 unspecified atom stereocenters. The molecule has 1 heterocycles. The maximum atomic E-state index is 11.6. The SMILES string of the molecule is CCN(Cc1ncccc1C(=O)OC)CC(C)C. The van der Waals surface area contributed by atoms with Crippen molar-refractivity contribution in [2.45, 2.75) is 27.3 Å². The van der Waals surface area contributed by atoms with Crippen molar-refractivity contribution in [2.24, 2.45) is 5.92 Å². The number of hydrogen-bond donors (Lipinski definition) is 0. The molecule has 100 valence electrons. The van der Waals surface area contributed by atoms with Gasteiger partial charge in [0.25, 0.3) is 0 Å². The Balaban J connectivity index is 2.85. The molecule has 1 aromatic rings. The fourth-order valence-corrected chi connectivity index (χ4v) is 1.89. The monoisotopic (exact) mass is 250 g/mol. The van der Waals surface area contributed by atoms with Crippen molar-refractivity contribution in [2.75, 3.05) is 20.2 Å². The van der Waals surface area contributed by atoms with Gasteiger partial charge in [0.1, 0.15) is 0 Å². The number of rotatable bonds is 6. The van der Waals surface area contributed by atoms with Crippen LogP contribution in [0.3, 0.4) is 0 Å². The number of ether oxygens (including phenoxy) is 1. The molecule has 0 aliphatic heterocycles. The van der Waals surface area contributed by atoms with Crippen LogP contribution in [0.1, 0.15) is 36.8 Å². The molecular formula is C14H22N2O2. The van der Waals surface area contributed by atoms with Crippen LogP contribution in [-0.2, 0) is 11.3 Å². The lowest BCUT2D eigenvalue weighted by Crippen LogP contribution is -2.28. The lowest BCUT2D eigenvalue weighted by molar-refractivity contribution is 0.0597. The molecule has 4 heteroatoms. The number of hydrogen-bond acceptors (Lipinski definition) is 4. The van der Waals surface area contributed by atoms with Gasteiger partial charge in [-0.05, 0) is 24.6 Å². The molecule has 0 saturated heterocycles. The zero-order valence-electron chi connectivity index (χ0n) is 11.6. The van der Waals surface area contributed by atoms with Gasteiger partial charge in [0.05, 0.1) is 18.4 Å². The van der Waals surface area contributed by atoms with Crippen molar-refractivity contribution in [1.82, 2.24) is 9.88 Å². The van der Waals surface area contributed by atoms with Gasteiger partial charge in [0.2, 0.25) is 0 Å². The van der Waals surface area contributed by atoms with Gasteiger partial charge in [0, 0.05) is 19.3 Å².